The topological polar surface area (TPSA) is 24.4 Å². The monoisotopic (exact) mass is 288 g/mol. The molecule has 0 unspecified atom stereocenters. The highest BCUT2D eigenvalue weighted by atomic mass is 19.1. The molecule has 114 valence electrons. The van der Waals surface area contributed by atoms with Crippen LogP contribution in [-0.2, 0) is 6.54 Å². The van der Waals surface area contributed by atoms with Gasteiger partial charge in [0.05, 0.1) is 12.3 Å². The average Bonchev–Trinajstić information content (AvgIpc) is 2.34. The van der Waals surface area contributed by atoms with E-state index in [0.29, 0.717) is 12.3 Å². The fraction of sp³-hybridized carbons (Fsp3) is 0.389. The van der Waals surface area contributed by atoms with E-state index in [0.717, 1.165) is 17.0 Å². The quantitative estimate of drug-likeness (QED) is 0.753. The minimum Gasteiger partial charge on any atom is -0.363 e. The Kier molecular flexibility index (Phi) is 5.89. The molecule has 1 rings (SSSR count). The predicted molar refractivity (Wildman–Crippen MR) is 89.2 cm³/mol. The zero-order valence-electron chi connectivity index (χ0n) is 13.6. The Labute approximate surface area is 127 Å². The first-order valence-corrected chi connectivity index (χ1v) is 7.08. The Balaban J connectivity index is 2.95. The van der Waals surface area contributed by atoms with Gasteiger partial charge in [0, 0.05) is 11.4 Å². The Hall–Kier alpha value is -1.90. The van der Waals surface area contributed by atoms with Crippen LogP contribution in [0.2, 0.25) is 0 Å². The van der Waals surface area contributed by atoms with E-state index in [9.17, 15) is 4.39 Å². The van der Waals surface area contributed by atoms with Crippen molar-refractivity contribution in [1.29, 1.82) is 0 Å². The number of hydrogen-bond donors (Lipinski definition) is 1. The highest BCUT2D eigenvalue weighted by Crippen LogP contribution is 2.15. The van der Waals surface area contributed by atoms with Crippen molar-refractivity contribution in [1.82, 2.24) is 5.32 Å². The summed E-state index contributed by atoms with van der Waals surface area (Å²) in [6.45, 7) is 13.1. The molecule has 0 atom stereocenters. The van der Waals surface area contributed by atoms with Gasteiger partial charge in [-0.25, -0.2) is 4.39 Å². The number of nitrogens with one attached hydrogen (secondary N) is 1. The van der Waals surface area contributed by atoms with Crippen LogP contribution >= 0.6 is 0 Å². The number of rotatable bonds is 6. The van der Waals surface area contributed by atoms with Crippen LogP contribution in [0.3, 0.4) is 0 Å². The van der Waals surface area contributed by atoms with Gasteiger partial charge in [0.1, 0.15) is 5.67 Å². The maximum Gasteiger partial charge on any atom is 0.146 e. The van der Waals surface area contributed by atoms with Gasteiger partial charge in [-0.1, -0.05) is 36.4 Å². The van der Waals surface area contributed by atoms with Crippen LogP contribution in [-0.4, -0.2) is 11.4 Å². The van der Waals surface area contributed by atoms with E-state index in [4.69, 9.17) is 0 Å². The van der Waals surface area contributed by atoms with Gasteiger partial charge in [0.2, 0.25) is 0 Å². The van der Waals surface area contributed by atoms with E-state index in [1.54, 1.807) is 6.08 Å². The largest absolute Gasteiger partial charge is 0.363 e. The summed E-state index contributed by atoms with van der Waals surface area (Å²) < 4.78 is 14.3. The minimum absolute atomic E-state index is 0.425. The molecule has 2 nitrogen and oxygen atoms in total. The van der Waals surface area contributed by atoms with E-state index in [1.165, 1.54) is 19.4 Å². The first-order valence-electron chi connectivity index (χ1n) is 7.08. The van der Waals surface area contributed by atoms with Crippen molar-refractivity contribution in [2.45, 2.75) is 46.8 Å². The molecule has 3 heteroatoms. The lowest BCUT2D eigenvalue weighted by Crippen LogP contribution is -2.26. The molecule has 0 saturated heterocycles. The van der Waals surface area contributed by atoms with Crippen LogP contribution in [0.1, 0.15) is 38.8 Å². The molecular formula is C18H25FN2. The van der Waals surface area contributed by atoms with Crippen LogP contribution in [0, 0.1) is 6.92 Å². The molecule has 1 aromatic carbocycles. The van der Waals surface area contributed by atoms with Crippen LogP contribution in [0.25, 0.3) is 0 Å². The van der Waals surface area contributed by atoms with Crippen LogP contribution in [0.15, 0.2) is 53.3 Å². The Morgan fingerprint density at radius 3 is 2.33 bits per heavy atom. The summed E-state index contributed by atoms with van der Waals surface area (Å²) in [4.78, 5) is 4.44. The van der Waals surface area contributed by atoms with Gasteiger partial charge in [-0.2, -0.15) is 0 Å². The molecule has 0 aliphatic carbocycles. The third-order valence-corrected chi connectivity index (χ3v) is 2.93. The molecule has 0 heterocycles. The molecule has 0 fully saturated rings. The molecule has 0 saturated carbocycles. The van der Waals surface area contributed by atoms with Gasteiger partial charge >= 0.3 is 0 Å². The maximum atomic E-state index is 14.3. The first-order chi connectivity index (χ1) is 9.68. The van der Waals surface area contributed by atoms with Crippen LogP contribution < -0.4 is 5.32 Å². The minimum atomic E-state index is -1.48. The van der Waals surface area contributed by atoms with Crippen molar-refractivity contribution in [2.24, 2.45) is 4.99 Å². The molecule has 0 radical (unpaired) electrons. The van der Waals surface area contributed by atoms with Crippen LogP contribution in [0.4, 0.5) is 4.39 Å². The maximum absolute atomic E-state index is 14.3. The van der Waals surface area contributed by atoms with Crippen molar-refractivity contribution < 1.29 is 4.39 Å². The lowest BCUT2D eigenvalue weighted by Gasteiger charge is -2.16. The van der Waals surface area contributed by atoms with Gasteiger partial charge in [-0.15, -0.1) is 0 Å². The van der Waals surface area contributed by atoms with Crippen molar-refractivity contribution in [3.05, 3.63) is 59.4 Å². The first kappa shape index (κ1) is 17.2. The number of nitrogens with zero attached hydrogens (tertiary/aromatic N) is 1. The molecule has 0 amide bonds. The number of halogens is 1. The Morgan fingerprint density at radius 2 is 1.86 bits per heavy atom. The number of alkyl halides is 1. The molecule has 21 heavy (non-hydrogen) atoms. The lowest BCUT2D eigenvalue weighted by atomic mass is 10.0. The molecule has 0 aliphatic heterocycles. The standard InChI is InChI=1S/C18H25FN2/c1-13(2)21-15(4)11-17(18(5,6)19)20-12-16-9-7-14(3)8-10-16/h7-11,21H,1,12H2,2-6H3/b15-11+,20-17?. The van der Waals surface area contributed by atoms with Gasteiger partial charge in [-0.3, -0.25) is 4.99 Å². The lowest BCUT2D eigenvalue weighted by molar-refractivity contribution is 0.314. The predicted octanol–water partition coefficient (Wildman–Crippen LogP) is 4.71. The third kappa shape index (κ3) is 6.39. The molecule has 0 aromatic heterocycles. The zero-order valence-corrected chi connectivity index (χ0v) is 13.6. The van der Waals surface area contributed by atoms with E-state index in [-0.39, 0.29) is 0 Å². The van der Waals surface area contributed by atoms with Crippen LogP contribution in [0.5, 0.6) is 0 Å². The summed E-state index contributed by atoms with van der Waals surface area (Å²) in [6.07, 6.45) is 1.74. The molecule has 0 spiro atoms. The number of benzene rings is 1. The number of aryl methyl sites for hydroxylation is 1. The summed E-state index contributed by atoms with van der Waals surface area (Å²) in [6, 6.07) is 8.11. The summed E-state index contributed by atoms with van der Waals surface area (Å²) in [5, 5.41) is 3.07. The highest BCUT2D eigenvalue weighted by Gasteiger charge is 2.22. The second kappa shape index (κ2) is 7.21. The summed E-state index contributed by atoms with van der Waals surface area (Å²) in [5.41, 5.74) is 2.86. The smallest absolute Gasteiger partial charge is 0.146 e. The zero-order chi connectivity index (χ0) is 16.0. The Morgan fingerprint density at radius 1 is 1.29 bits per heavy atom. The molecule has 0 aliphatic rings. The van der Waals surface area contributed by atoms with E-state index in [1.807, 2.05) is 45.0 Å². The van der Waals surface area contributed by atoms with E-state index >= 15 is 0 Å². The normalized spacial score (nSPS) is 13.2. The average molecular weight is 288 g/mol. The summed E-state index contributed by atoms with van der Waals surface area (Å²) >= 11 is 0. The second-order valence-corrected chi connectivity index (χ2v) is 5.89. The number of aliphatic imine (C=N–C) groups is 1. The SMILES string of the molecule is C=C(C)N/C(C)=C/C(=NCc1ccc(C)cc1)C(C)(C)F. The van der Waals surface area contributed by atoms with E-state index < -0.39 is 5.67 Å². The van der Waals surface area contributed by atoms with Crippen molar-refractivity contribution in [2.75, 3.05) is 0 Å². The van der Waals surface area contributed by atoms with Crippen molar-refractivity contribution in [3.63, 3.8) is 0 Å². The molecule has 1 N–H and O–H groups in total. The molecule has 0 bridgehead atoms. The van der Waals surface area contributed by atoms with Crippen molar-refractivity contribution >= 4 is 5.71 Å². The van der Waals surface area contributed by atoms with Gasteiger partial charge in [-0.05, 0) is 46.3 Å². The van der Waals surface area contributed by atoms with Gasteiger partial charge in [0.25, 0.3) is 0 Å². The second-order valence-electron chi connectivity index (χ2n) is 5.89. The van der Waals surface area contributed by atoms with Gasteiger partial charge < -0.3 is 5.32 Å². The van der Waals surface area contributed by atoms with Gasteiger partial charge in [0.15, 0.2) is 0 Å². The number of allylic oxidation sites excluding steroid dienone is 3. The molecule has 1 aromatic rings. The molecular weight excluding hydrogens is 263 g/mol. The number of hydrogen-bond acceptors (Lipinski definition) is 2. The fourth-order valence-corrected chi connectivity index (χ4v) is 1.85. The van der Waals surface area contributed by atoms with Crippen molar-refractivity contribution in [3.8, 4) is 0 Å². The third-order valence-electron chi connectivity index (χ3n) is 2.93. The Bertz CT molecular complexity index is 546. The highest BCUT2D eigenvalue weighted by molar-refractivity contribution is 6.01. The summed E-state index contributed by atoms with van der Waals surface area (Å²) in [5.74, 6) is 0. The van der Waals surface area contributed by atoms with E-state index in [2.05, 4.69) is 16.9 Å². The fourth-order valence-electron chi connectivity index (χ4n) is 1.85. The summed E-state index contributed by atoms with van der Waals surface area (Å²) in [7, 11) is 0.